The van der Waals surface area contributed by atoms with Gasteiger partial charge in [-0.15, -0.1) is 0 Å². The number of nitrogens with zero attached hydrogens (tertiary/aromatic N) is 1. The van der Waals surface area contributed by atoms with Crippen LogP contribution in [0.25, 0.3) is 10.9 Å². The van der Waals surface area contributed by atoms with E-state index in [4.69, 9.17) is 9.47 Å². The normalized spacial score (nSPS) is 11.8. The number of nitrogens with one attached hydrogen (secondary N) is 2. The number of esters is 1. The van der Waals surface area contributed by atoms with Gasteiger partial charge in [-0.3, -0.25) is 14.7 Å². The van der Waals surface area contributed by atoms with Crippen LogP contribution in [-0.2, 0) is 9.53 Å². The van der Waals surface area contributed by atoms with Gasteiger partial charge in [0, 0.05) is 5.39 Å². The molecule has 1 aromatic heterocycles. The molecule has 0 saturated carbocycles. The van der Waals surface area contributed by atoms with Gasteiger partial charge in [0.2, 0.25) is 0 Å². The Bertz CT molecular complexity index is 963. The van der Waals surface area contributed by atoms with Crippen LogP contribution >= 0.6 is 0 Å². The highest BCUT2D eigenvalue weighted by Gasteiger charge is 2.22. The van der Waals surface area contributed by atoms with Crippen LogP contribution in [0.4, 0.5) is 0 Å². The van der Waals surface area contributed by atoms with Crippen molar-refractivity contribution in [1.29, 1.82) is 0 Å². The van der Waals surface area contributed by atoms with E-state index < -0.39 is 12.0 Å². The van der Waals surface area contributed by atoms with Crippen LogP contribution in [0.5, 0.6) is 5.75 Å². The van der Waals surface area contributed by atoms with Crippen molar-refractivity contribution >= 4 is 22.8 Å². The van der Waals surface area contributed by atoms with Crippen molar-refractivity contribution in [2.75, 3.05) is 14.2 Å². The molecule has 3 aromatic rings. The molecule has 0 aliphatic rings. The minimum atomic E-state index is -0.549. The fourth-order valence-electron chi connectivity index (χ4n) is 2.87. The Balaban J connectivity index is 1.88. The third-order valence-corrected chi connectivity index (χ3v) is 4.36. The van der Waals surface area contributed by atoms with Gasteiger partial charge in [-0.1, -0.05) is 23.8 Å². The summed E-state index contributed by atoms with van der Waals surface area (Å²) >= 11 is 0. The molecule has 1 amide bonds. The molecule has 0 spiro atoms. The van der Waals surface area contributed by atoms with E-state index in [9.17, 15) is 9.59 Å². The number of hydrogen-bond donors (Lipinski definition) is 2. The first-order valence-corrected chi connectivity index (χ1v) is 8.48. The number of ether oxygens (including phenoxy) is 2. The summed E-state index contributed by atoms with van der Waals surface area (Å²) in [7, 11) is 2.90. The number of aromatic nitrogens is 2. The molecule has 0 saturated heterocycles. The van der Waals surface area contributed by atoms with E-state index in [-0.39, 0.29) is 18.0 Å². The molecule has 3 rings (SSSR count). The molecule has 7 heteroatoms. The number of benzene rings is 2. The summed E-state index contributed by atoms with van der Waals surface area (Å²) in [6.45, 7) is 1.95. The monoisotopic (exact) mass is 367 g/mol. The highest BCUT2D eigenvalue weighted by atomic mass is 16.5. The van der Waals surface area contributed by atoms with Crippen molar-refractivity contribution in [2.45, 2.75) is 19.4 Å². The van der Waals surface area contributed by atoms with Gasteiger partial charge >= 0.3 is 5.97 Å². The number of carbonyl (C=O) groups is 2. The number of rotatable bonds is 6. The zero-order valence-electron chi connectivity index (χ0n) is 15.4. The van der Waals surface area contributed by atoms with E-state index in [1.165, 1.54) is 7.11 Å². The quantitative estimate of drug-likeness (QED) is 0.654. The number of aryl methyl sites for hydroxylation is 1. The lowest BCUT2D eigenvalue weighted by Crippen LogP contribution is -2.30. The Labute approximate surface area is 156 Å². The summed E-state index contributed by atoms with van der Waals surface area (Å²) in [5.41, 5.74) is 2.86. The maximum atomic E-state index is 12.8. The molecule has 1 unspecified atom stereocenters. The van der Waals surface area contributed by atoms with Crippen LogP contribution in [0.15, 0.2) is 42.5 Å². The topological polar surface area (TPSA) is 93.3 Å². The molecule has 2 aromatic carbocycles. The molecule has 0 aliphatic carbocycles. The Kier molecular flexibility index (Phi) is 5.40. The third-order valence-electron chi connectivity index (χ3n) is 4.36. The molecule has 0 radical (unpaired) electrons. The number of aromatic amines is 1. The lowest BCUT2D eigenvalue weighted by molar-refractivity contribution is -0.141. The minimum Gasteiger partial charge on any atom is -0.497 e. The molecular weight excluding hydrogens is 346 g/mol. The average Bonchev–Trinajstić information content (AvgIpc) is 3.10. The minimum absolute atomic E-state index is 0.00987. The Hall–Kier alpha value is -3.35. The zero-order valence-corrected chi connectivity index (χ0v) is 15.4. The maximum absolute atomic E-state index is 12.8. The zero-order chi connectivity index (χ0) is 19.4. The molecule has 1 heterocycles. The van der Waals surface area contributed by atoms with Gasteiger partial charge in [-0.25, -0.2) is 0 Å². The maximum Gasteiger partial charge on any atom is 0.307 e. The number of amides is 1. The van der Waals surface area contributed by atoms with Gasteiger partial charge < -0.3 is 14.8 Å². The predicted molar refractivity (Wildman–Crippen MR) is 101 cm³/mol. The summed E-state index contributed by atoms with van der Waals surface area (Å²) in [6.07, 6.45) is 0.00987. The second-order valence-corrected chi connectivity index (χ2v) is 6.20. The van der Waals surface area contributed by atoms with Crippen LogP contribution in [0, 0.1) is 6.92 Å². The molecular formula is C20H21N3O4. The Morgan fingerprint density at radius 2 is 1.89 bits per heavy atom. The second-order valence-electron chi connectivity index (χ2n) is 6.20. The van der Waals surface area contributed by atoms with Gasteiger partial charge in [0.25, 0.3) is 5.91 Å². The molecule has 140 valence electrons. The molecule has 0 fully saturated rings. The smallest absolute Gasteiger partial charge is 0.307 e. The first kappa shape index (κ1) is 18.4. The van der Waals surface area contributed by atoms with Gasteiger partial charge in [0.15, 0.2) is 5.69 Å². The number of H-pyrrole nitrogens is 1. The predicted octanol–water partition coefficient (Wildman–Crippen LogP) is 2.91. The molecule has 27 heavy (non-hydrogen) atoms. The van der Waals surface area contributed by atoms with E-state index in [1.807, 2.05) is 25.1 Å². The van der Waals surface area contributed by atoms with Gasteiger partial charge in [0.05, 0.1) is 32.2 Å². The number of fused-ring (bicyclic) bond motifs is 1. The lowest BCUT2D eigenvalue weighted by atomic mass is 10.0. The molecule has 7 nitrogen and oxygen atoms in total. The van der Waals surface area contributed by atoms with E-state index in [2.05, 4.69) is 15.5 Å². The molecule has 1 atom stereocenters. The van der Waals surface area contributed by atoms with Crippen molar-refractivity contribution in [3.8, 4) is 5.75 Å². The lowest BCUT2D eigenvalue weighted by Gasteiger charge is -2.18. The van der Waals surface area contributed by atoms with Crippen molar-refractivity contribution in [1.82, 2.24) is 15.5 Å². The van der Waals surface area contributed by atoms with E-state index in [0.717, 1.165) is 22.0 Å². The van der Waals surface area contributed by atoms with E-state index in [1.54, 1.807) is 31.4 Å². The van der Waals surface area contributed by atoms with Crippen molar-refractivity contribution < 1.29 is 19.1 Å². The summed E-state index contributed by atoms with van der Waals surface area (Å²) in [6, 6.07) is 12.3. The highest BCUT2D eigenvalue weighted by Crippen LogP contribution is 2.23. The second kappa shape index (κ2) is 7.90. The summed E-state index contributed by atoms with van der Waals surface area (Å²) in [5, 5.41) is 10.6. The number of methoxy groups -OCH3 is 2. The van der Waals surface area contributed by atoms with Crippen LogP contribution in [0.1, 0.15) is 34.1 Å². The third kappa shape index (κ3) is 4.08. The van der Waals surface area contributed by atoms with E-state index >= 15 is 0 Å². The van der Waals surface area contributed by atoms with Crippen molar-refractivity contribution in [3.63, 3.8) is 0 Å². The fourth-order valence-corrected chi connectivity index (χ4v) is 2.87. The first-order chi connectivity index (χ1) is 13.0. The standard InChI is InChI=1S/C20H21N3O4/c1-12-4-9-16-15(10-12)19(23-22-16)20(25)21-17(11-18(24)27-3)13-5-7-14(26-2)8-6-13/h4-10,17H,11H2,1-3H3,(H,21,25)(H,22,23). The van der Waals surface area contributed by atoms with Gasteiger partial charge in [-0.2, -0.15) is 5.10 Å². The van der Waals surface area contributed by atoms with Gasteiger partial charge in [0.1, 0.15) is 5.75 Å². The molecule has 2 N–H and O–H groups in total. The Morgan fingerprint density at radius 1 is 1.15 bits per heavy atom. The Morgan fingerprint density at radius 3 is 2.56 bits per heavy atom. The number of carbonyl (C=O) groups excluding carboxylic acids is 2. The molecule has 0 aliphatic heterocycles. The van der Waals surface area contributed by atoms with Crippen LogP contribution in [0.2, 0.25) is 0 Å². The largest absolute Gasteiger partial charge is 0.497 e. The first-order valence-electron chi connectivity index (χ1n) is 8.48. The van der Waals surface area contributed by atoms with Crippen molar-refractivity contribution in [2.24, 2.45) is 0 Å². The van der Waals surface area contributed by atoms with Crippen LogP contribution in [-0.4, -0.2) is 36.3 Å². The summed E-state index contributed by atoms with van der Waals surface area (Å²) < 4.78 is 9.93. The molecule has 0 bridgehead atoms. The summed E-state index contributed by atoms with van der Waals surface area (Å²) in [4.78, 5) is 24.7. The number of hydrogen-bond acceptors (Lipinski definition) is 5. The summed E-state index contributed by atoms with van der Waals surface area (Å²) in [5.74, 6) is -0.0916. The highest BCUT2D eigenvalue weighted by molar-refractivity contribution is 6.05. The SMILES string of the molecule is COC(=O)CC(NC(=O)c1n[nH]c2ccc(C)cc12)c1ccc(OC)cc1. The average molecular weight is 367 g/mol. The fraction of sp³-hybridized carbons (Fsp3) is 0.250. The van der Waals surface area contributed by atoms with Gasteiger partial charge in [-0.05, 0) is 36.8 Å². The van der Waals surface area contributed by atoms with Crippen molar-refractivity contribution in [3.05, 3.63) is 59.3 Å². The van der Waals surface area contributed by atoms with Crippen LogP contribution < -0.4 is 10.1 Å². The van der Waals surface area contributed by atoms with E-state index in [0.29, 0.717) is 5.75 Å². The van der Waals surface area contributed by atoms with Crippen LogP contribution in [0.3, 0.4) is 0 Å².